The summed E-state index contributed by atoms with van der Waals surface area (Å²) in [6, 6.07) is 0. The van der Waals surface area contributed by atoms with Crippen molar-refractivity contribution in [1.82, 2.24) is 0 Å². The SMILES string of the molecule is CCSOC(OSCC)[C@@H](O)[C@H](O)[C@H](O)CO. The normalized spacial score (nSPS) is 17.1. The van der Waals surface area contributed by atoms with Crippen LogP contribution in [0.2, 0.25) is 0 Å². The third-order valence-corrected chi connectivity index (χ3v) is 2.89. The first kappa shape index (κ1) is 17.5. The van der Waals surface area contributed by atoms with Gasteiger partial charge < -0.3 is 20.4 Å². The summed E-state index contributed by atoms with van der Waals surface area (Å²) >= 11 is 2.16. The van der Waals surface area contributed by atoms with E-state index >= 15 is 0 Å². The van der Waals surface area contributed by atoms with Crippen molar-refractivity contribution < 1.29 is 28.8 Å². The molecule has 0 radical (unpaired) electrons. The third kappa shape index (κ3) is 6.82. The molecule has 0 spiro atoms. The van der Waals surface area contributed by atoms with Crippen molar-refractivity contribution in [3.05, 3.63) is 0 Å². The Hall–Kier alpha value is 0.460. The van der Waals surface area contributed by atoms with E-state index in [-0.39, 0.29) is 0 Å². The Labute approximate surface area is 110 Å². The van der Waals surface area contributed by atoms with Crippen molar-refractivity contribution in [1.29, 1.82) is 0 Å². The lowest BCUT2D eigenvalue weighted by atomic mass is 10.1. The number of hydrogen-bond donors (Lipinski definition) is 4. The largest absolute Gasteiger partial charge is 0.394 e. The van der Waals surface area contributed by atoms with E-state index in [0.717, 1.165) is 24.1 Å². The van der Waals surface area contributed by atoms with E-state index in [1.807, 2.05) is 13.8 Å². The van der Waals surface area contributed by atoms with Gasteiger partial charge in [-0.3, -0.25) is 8.37 Å². The summed E-state index contributed by atoms with van der Waals surface area (Å²) in [7, 11) is 0. The monoisotopic (exact) mass is 288 g/mol. The average molecular weight is 288 g/mol. The predicted molar refractivity (Wildman–Crippen MR) is 67.3 cm³/mol. The van der Waals surface area contributed by atoms with Crippen molar-refractivity contribution in [2.75, 3.05) is 18.1 Å². The smallest absolute Gasteiger partial charge is 0.211 e. The van der Waals surface area contributed by atoms with Crippen LogP contribution in [0.4, 0.5) is 0 Å². The van der Waals surface area contributed by atoms with Crippen molar-refractivity contribution in [2.24, 2.45) is 0 Å². The maximum Gasteiger partial charge on any atom is 0.211 e. The quantitative estimate of drug-likeness (QED) is 0.323. The highest BCUT2D eigenvalue weighted by Gasteiger charge is 2.33. The lowest BCUT2D eigenvalue weighted by Crippen LogP contribution is -2.46. The first-order valence-electron chi connectivity index (χ1n) is 5.30. The number of hydrogen-bond acceptors (Lipinski definition) is 8. The molecule has 0 aromatic carbocycles. The highest BCUT2D eigenvalue weighted by atomic mass is 32.2. The van der Waals surface area contributed by atoms with Gasteiger partial charge in [0.25, 0.3) is 0 Å². The molecule has 0 saturated heterocycles. The van der Waals surface area contributed by atoms with E-state index in [1.54, 1.807) is 0 Å². The maximum atomic E-state index is 9.73. The van der Waals surface area contributed by atoms with Gasteiger partial charge >= 0.3 is 0 Å². The fourth-order valence-electron chi connectivity index (χ4n) is 0.897. The summed E-state index contributed by atoms with van der Waals surface area (Å²) in [6.07, 6.45) is -5.46. The Bertz CT molecular complexity index is 177. The second kappa shape index (κ2) is 10.4. The molecule has 0 heterocycles. The van der Waals surface area contributed by atoms with Crippen molar-refractivity contribution in [3.8, 4) is 0 Å². The van der Waals surface area contributed by atoms with Crippen LogP contribution >= 0.6 is 24.1 Å². The van der Waals surface area contributed by atoms with Gasteiger partial charge in [0, 0.05) is 11.5 Å². The van der Waals surface area contributed by atoms with Crippen LogP contribution in [0, 0.1) is 0 Å². The van der Waals surface area contributed by atoms with E-state index in [1.165, 1.54) is 0 Å². The molecule has 0 fully saturated rings. The number of rotatable bonds is 10. The highest BCUT2D eigenvalue weighted by Crippen LogP contribution is 2.20. The van der Waals surface area contributed by atoms with Crippen molar-refractivity contribution in [3.63, 3.8) is 0 Å². The molecule has 8 heteroatoms. The van der Waals surface area contributed by atoms with Crippen LogP contribution in [0.3, 0.4) is 0 Å². The Morgan fingerprint density at radius 2 is 1.41 bits per heavy atom. The van der Waals surface area contributed by atoms with Crippen LogP contribution in [-0.2, 0) is 8.37 Å². The minimum absolute atomic E-state index is 0.646. The molecule has 17 heavy (non-hydrogen) atoms. The zero-order valence-electron chi connectivity index (χ0n) is 9.85. The zero-order valence-corrected chi connectivity index (χ0v) is 11.5. The molecule has 0 bridgehead atoms. The van der Waals surface area contributed by atoms with E-state index in [0.29, 0.717) is 11.5 Å². The first-order chi connectivity index (χ1) is 8.08. The molecule has 0 aromatic rings. The molecular formula is C9H20O6S2. The van der Waals surface area contributed by atoms with Crippen LogP contribution in [0.5, 0.6) is 0 Å². The minimum atomic E-state index is -1.53. The van der Waals surface area contributed by atoms with Gasteiger partial charge in [-0.05, 0) is 24.1 Å². The highest BCUT2D eigenvalue weighted by molar-refractivity contribution is 7.95. The topological polar surface area (TPSA) is 99.4 Å². The molecule has 0 aliphatic rings. The maximum absolute atomic E-state index is 9.73. The summed E-state index contributed by atoms with van der Waals surface area (Å²) in [4.78, 5) is 0. The molecule has 4 N–H and O–H groups in total. The molecule has 0 aliphatic carbocycles. The van der Waals surface area contributed by atoms with E-state index < -0.39 is 31.2 Å². The Kier molecular flexibility index (Phi) is 10.7. The van der Waals surface area contributed by atoms with E-state index in [2.05, 4.69) is 0 Å². The fraction of sp³-hybridized carbons (Fsp3) is 1.00. The standard InChI is InChI=1S/C9H20O6S2/c1-3-16-14-9(15-17-4-2)8(13)7(12)6(11)5-10/h6-13H,3-5H2,1-2H3/t6-,7-,8+/m1/s1. The van der Waals surface area contributed by atoms with Gasteiger partial charge in [0.2, 0.25) is 6.29 Å². The molecule has 0 aliphatic heterocycles. The Balaban J connectivity index is 4.32. The molecule has 0 amide bonds. The lowest BCUT2D eigenvalue weighted by molar-refractivity contribution is -0.149. The number of aliphatic hydroxyl groups excluding tert-OH is 4. The van der Waals surface area contributed by atoms with Crippen LogP contribution in [0.15, 0.2) is 0 Å². The summed E-state index contributed by atoms with van der Waals surface area (Å²) in [5.74, 6) is 1.31. The summed E-state index contributed by atoms with van der Waals surface area (Å²) in [6.45, 7) is 3.08. The summed E-state index contributed by atoms with van der Waals surface area (Å²) in [5, 5.41) is 37.1. The summed E-state index contributed by atoms with van der Waals surface area (Å²) < 4.78 is 10.3. The molecular weight excluding hydrogens is 268 g/mol. The van der Waals surface area contributed by atoms with Gasteiger partial charge in [0.1, 0.15) is 18.3 Å². The molecule has 0 unspecified atom stereocenters. The fourth-order valence-corrected chi connectivity index (χ4v) is 1.79. The first-order valence-corrected chi connectivity index (χ1v) is 7.12. The van der Waals surface area contributed by atoms with Gasteiger partial charge in [0.05, 0.1) is 6.61 Å². The second-order valence-electron chi connectivity index (χ2n) is 3.10. The molecule has 0 aromatic heterocycles. The van der Waals surface area contributed by atoms with E-state index in [9.17, 15) is 15.3 Å². The van der Waals surface area contributed by atoms with Gasteiger partial charge in [-0.1, -0.05) is 13.8 Å². The molecule has 0 rings (SSSR count). The predicted octanol–water partition coefficient (Wildman–Crippen LogP) is -0.243. The van der Waals surface area contributed by atoms with Crippen molar-refractivity contribution in [2.45, 2.75) is 38.4 Å². The van der Waals surface area contributed by atoms with Gasteiger partial charge in [0.15, 0.2) is 0 Å². The van der Waals surface area contributed by atoms with Crippen LogP contribution in [-0.4, -0.2) is 63.1 Å². The molecule has 3 atom stereocenters. The van der Waals surface area contributed by atoms with Gasteiger partial charge in [-0.2, -0.15) is 0 Å². The lowest BCUT2D eigenvalue weighted by Gasteiger charge is -2.27. The zero-order chi connectivity index (χ0) is 13.3. The van der Waals surface area contributed by atoms with Gasteiger partial charge in [-0.15, -0.1) is 0 Å². The summed E-state index contributed by atoms with van der Waals surface area (Å²) in [5.41, 5.74) is 0. The van der Waals surface area contributed by atoms with Crippen LogP contribution in [0.1, 0.15) is 13.8 Å². The van der Waals surface area contributed by atoms with Crippen LogP contribution < -0.4 is 0 Å². The average Bonchev–Trinajstić information content (AvgIpc) is 2.36. The van der Waals surface area contributed by atoms with Crippen LogP contribution in [0.25, 0.3) is 0 Å². The van der Waals surface area contributed by atoms with E-state index in [4.69, 9.17) is 13.5 Å². The molecule has 104 valence electrons. The Morgan fingerprint density at radius 3 is 1.76 bits per heavy atom. The molecule has 0 saturated carbocycles. The second-order valence-corrected chi connectivity index (χ2v) is 5.12. The van der Waals surface area contributed by atoms with Gasteiger partial charge in [-0.25, -0.2) is 0 Å². The van der Waals surface area contributed by atoms with Crippen molar-refractivity contribution >= 4 is 24.1 Å². The third-order valence-electron chi connectivity index (χ3n) is 1.77. The minimum Gasteiger partial charge on any atom is -0.394 e. The molecule has 6 nitrogen and oxygen atoms in total. The number of aliphatic hydroxyl groups is 4. The Morgan fingerprint density at radius 1 is 0.941 bits per heavy atom.